The van der Waals surface area contributed by atoms with Gasteiger partial charge in [0.25, 0.3) is 0 Å². The summed E-state index contributed by atoms with van der Waals surface area (Å²) < 4.78 is 0. The predicted molar refractivity (Wildman–Crippen MR) is 71.3 cm³/mol. The van der Waals surface area contributed by atoms with Gasteiger partial charge in [-0.15, -0.1) is 0 Å². The van der Waals surface area contributed by atoms with Gasteiger partial charge in [-0.1, -0.05) is 44.4 Å². The largest absolute Gasteiger partial charge is 0.507 e. The molecule has 0 radical (unpaired) electrons. The SMILES string of the molecule is CCc1cccc(C2(CN)CCCCC2)c1O. The molecule has 0 heterocycles. The highest BCUT2D eigenvalue weighted by atomic mass is 16.3. The first-order valence-electron chi connectivity index (χ1n) is 6.75. The van der Waals surface area contributed by atoms with E-state index in [2.05, 4.69) is 19.1 Å². The predicted octanol–water partition coefficient (Wildman–Crippen LogP) is 3.12. The van der Waals surface area contributed by atoms with E-state index >= 15 is 0 Å². The monoisotopic (exact) mass is 233 g/mol. The van der Waals surface area contributed by atoms with Gasteiger partial charge in [-0.3, -0.25) is 0 Å². The molecule has 0 atom stereocenters. The van der Waals surface area contributed by atoms with E-state index in [1.165, 1.54) is 19.3 Å². The van der Waals surface area contributed by atoms with E-state index in [4.69, 9.17) is 5.73 Å². The highest BCUT2D eigenvalue weighted by Gasteiger charge is 2.34. The van der Waals surface area contributed by atoms with Gasteiger partial charge in [-0.05, 0) is 24.8 Å². The van der Waals surface area contributed by atoms with Crippen molar-refractivity contribution in [3.8, 4) is 5.75 Å². The Bertz CT molecular complexity index is 381. The molecule has 0 saturated heterocycles. The fourth-order valence-electron chi connectivity index (χ4n) is 3.12. The van der Waals surface area contributed by atoms with Gasteiger partial charge < -0.3 is 10.8 Å². The van der Waals surface area contributed by atoms with Gasteiger partial charge in [0.05, 0.1) is 0 Å². The average molecular weight is 233 g/mol. The van der Waals surface area contributed by atoms with Crippen molar-refractivity contribution < 1.29 is 5.11 Å². The molecular formula is C15H23NO. The van der Waals surface area contributed by atoms with Crippen molar-refractivity contribution in [3.63, 3.8) is 0 Å². The smallest absolute Gasteiger partial charge is 0.122 e. The van der Waals surface area contributed by atoms with Crippen LogP contribution in [0, 0.1) is 0 Å². The number of para-hydroxylation sites is 1. The van der Waals surface area contributed by atoms with Crippen molar-refractivity contribution in [3.05, 3.63) is 29.3 Å². The third-order valence-electron chi connectivity index (χ3n) is 4.27. The van der Waals surface area contributed by atoms with Gasteiger partial charge in [-0.2, -0.15) is 0 Å². The molecule has 0 spiro atoms. The Hall–Kier alpha value is -1.02. The Morgan fingerprint density at radius 2 is 1.94 bits per heavy atom. The van der Waals surface area contributed by atoms with Crippen LogP contribution in [0.15, 0.2) is 18.2 Å². The second-order valence-corrected chi connectivity index (χ2v) is 5.21. The fourth-order valence-corrected chi connectivity index (χ4v) is 3.12. The van der Waals surface area contributed by atoms with E-state index in [1.807, 2.05) is 6.07 Å². The van der Waals surface area contributed by atoms with E-state index in [0.717, 1.165) is 30.4 Å². The molecule has 1 aliphatic rings. The van der Waals surface area contributed by atoms with Crippen LogP contribution >= 0.6 is 0 Å². The van der Waals surface area contributed by atoms with Crippen LogP contribution in [-0.2, 0) is 11.8 Å². The lowest BCUT2D eigenvalue weighted by Crippen LogP contribution is -2.37. The van der Waals surface area contributed by atoms with E-state index in [9.17, 15) is 5.11 Å². The Labute approximate surface area is 104 Å². The zero-order valence-electron chi connectivity index (χ0n) is 10.7. The Kier molecular flexibility index (Phi) is 3.72. The van der Waals surface area contributed by atoms with E-state index in [1.54, 1.807) is 0 Å². The number of phenols is 1. The zero-order valence-corrected chi connectivity index (χ0v) is 10.7. The third kappa shape index (κ3) is 2.19. The summed E-state index contributed by atoms with van der Waals surface area (Å²) in [6.07, 6.45) is 6.87. The molecule has 1 aromatic rings. The summed E-state index contributed by atoms with van der Waals surface area (Å²) in [5, 5.41) is 10.4. The van der Waals surface area contributed by atoms with Crippen LogP contribution in [0.5, 0.6) is 5.75 Å². The first kappa shape index (κ1) is 12.4. The van der Waals surface area contributed by atoms with E-state index in [0.29, 0.717) is 12.3 Å². The highest BCUT2D eigenvalue weighted by Crippen LogP contribution is 2.43. The number of phenolic OH excluding ortho intramolecular Hbond substituents is 1. The normalized spacial score (nSPS) is 19.2. The molecule has 1 saturated carbocycles. The van der Waals surface area contributed by atoms with Crippen molar-refractivity contribution in [1.29, 1.82) is 0 Å². The third-order valence-corrected chi connectivity index (χ3v) is 4.27. The topological polar surface area (TPSA) is 46.2 Å². The number of rotatable bonds is 3. The van der Waals surface area contributed by atoms with Crippen molar-refractivity contribution in [2.24, 2.45) is 5.73 Å². The lowest BCUT2D eigenvalue weighted by atomic mass is 9.69. The lowest BCUT2D eigenvalue weighted by molar-refractivity contribution is 0.290. The van der Waals surface area contributed by atoms with E-state index in [-0.39, 0.29) is 5.41 Å². The molecule has 2 nitrogen and oxygen atoms in total. The quantitative estimate of drug-likeness (QED) is 0.842. The van der Waals surface area contributed by atoms with Crippen LogP contribution < -0.4 is 5.73 Å². The minimum Gasteiger partial charge on any atom is -0.507 e. The molecule has 0 aliphatic heterocycles. The number of hydrogen-bond donors (Lipinski definition) is 2. The summed E-state index contributed by atoms with van der Waals surface area (Å²) in [6, 6.07) is 6.12. The van der Waals surface area contributed by atoms with Gasteiger partial charge >= 0.3 is 0 Å². The maximum Gasteiger partial charge on any atom is 0.122 e. The highest BCUT2D eigenvalue weighted by molar-refractivity contribution is 5.45. The molecule has 0 amide bonds. The van der Waals surface area contributed by atoms with Crippen molar-refractivity contribution in [2.45, 2.75) is 50.9 Å². The van der Waals surface area contributed by atoms with Crippen molar-refractivity contribution >= 4 is 0 Å². The van der Waals surface area contributed by atoms with Crippen LogP contribution in [0.3, 0.4) is 0 Å². The van der Waals surface area contributed by atoms with Crippen LogP contribution in [0.1, 0.15) is 50.2 Å². The maximum atomic E-state index is 10.4. The molecule has 0 unspecified atom stereocenters. The lowest BCUT2D eigenvalue weighted by Gasteiger charge is -2.37. The minimum atomic E-state index is 0.0213. The van der Waals surface area contributed by atoms with Gasteiger partial charge in [0, 0.05) is 17.5 Å². The van der Waals surface area contributed by atoms with Crippen molar-refractivity contribution in [2.75, 3.05) is 6.54 Å². The molecule has 2 heteroatoms. The number of benzene rings is 1. The first-order chi connectivity index (χ1) is 8.23. The number of aryl methyl sites for hydroxylation is 1. The summed E-state index contributed by atoms with van der Waals surface area (Å²) in [5.41, 5.74) is 8.17. The molecule has 1 aromatic carbocycles. The Balaban J connectivity index is 2.43. The van der Waals surface area contributed by atoms with E-state index < -0.39 is 0 Å². The summed E-state index contributed by atoms with van der Waals surface area (Å²) in [6.45, 7) is 2.72. The summed E-state index contributed by atoms with van der Waals surface area (Å²) >= 11 is 0. The Morgan fingerprint density at radius 1 is 1.24 bits per heavy atom. The molecule has 94 valence electrons. The summed E-state index contributed by atoms with van der Waals surface area (Å²) in [4.78, 5) is 0. The standard InChI is InChI=1S/C15H23NO/c1-2-12-7-6-8-13(14(12)17)15(11-16)9-4-3-5-10-15/h6-8,17H,2-5,9-11,16H2,1H3. The van der Waals surface area contributed by atoms with Gasteiger partial charge in [-0.25, -0.2) is 0 Å². The zero-order chi connectivity index (χ0) is 12.3. The second-order valence-electron chi connectivity index (χ2n) is 5.21. The molecule has 1 fully saturated rings. The van der Waals surface area contributed by atoms with Crippen LogP contribution in [0.4, 0.5) is 0 Å². The number of hydrogen-bond acceptors (Lipinski definition) is 2. The molecule has 2 rings (SSSR count). The summed E-state index contributed by atoms with van der Waals surface area (Å²) in [5.74, 6) is 0.488. The van der Waals surface area contributed by atoms with Gasteiger partial charge in [0.1, 0.15) is 5.75 Å². The molecule has 17 heavy (non-hydrogen) atoms. The molecule has 0 aromatic heterocycles. The first-order valence-corrected chi connectivity index (χ1v) is 6.75. The van der Waals surface area contributed by atoms with Gasteiger partial charge in [0.15, 0.2) is 0 Å². The number of nitrogens with two attached hydrogens (primary N) is 1. The van der Waals surface area contributed by atoms with Crippen molar-refractivity contribution in [1.82, 2.24) is 0 Å². The maximum absolute atomic E-state index is 10.4. The minimum absolute atomic E-state index is 0.0213. The fraction of sp³-hybridized carbons (Fsp3) is 0.600. The Morgan fingerprint density at radius 3 is 2.53 bits per heavy atom. The molecular weight excluding hydrogens is 210 g/mol. The van der Waals surface area contributed by atoms with Crippen LogP contribution in [0.25, 0.3) is 0 Å². The molecule has 0 bridgehead atoms. The second kappa shape index (κ2) is 5.09. The molecule has 1 aliphatic carbocycles. The van der Waals surface area contributed by atoms with Crippen LogP contribution in [-0.4, -0.2) is 11.7 Å². The molecule has 3 N–H and O–H groups in total. The number of aromatic hydroxyl groups is 1. The van der Waals surface area contributed by atoms with Crippen LogP contribution in [0.2, 0.25) is 0 Å². The summed E-state index contributed by atoms with van der Waals surface area (Å²) in [7, 11) is 0. The average Bonchev–Trinajstić information content (AvgIpc) is 2.40. The van der Waals surface area contributed by atoms with Gasteiger partial charge in [0.2, 0.25) is 0 Å².